The van der Waals surface area contributed by atoms with Gasteiger partial charge >= 0.3 is 0 Å². The largest absolute Gasteiger partial charge is 0.368 e. The van der Waals surface area contributed by atoms with Gasteiger partial charge in [0.05, 0.1) is 18.8 Å². The number of aryl methyl sites for hydroxylation is 2. The highest BCUT2D eigenvalue weighted by atomic mass is 19.1. The second-order valence-corrected chi connectivity index (χ2v) is 8.66. The lowest BCUT2D eigenvalue weighted by Crippen LogP contribution is -2.43. The zero-order chi connectivity index (χ0) is 22.9. The number of nitrogens with zero attached hydrogens (tertiary/aromatic N) is 3. The van der Waals surface area contributed by atoms with E-state index < -0.39 is 0 Å². The number of morpholine rings is 1. The van der Waals surface area contributed by atoms with Crippen LogP contribution in [0, 0.1) is 12.7 Å². The minimum absolute atomic E-state index is 0.0848. The Labute approximate surface area is 192 Å². The quantitative estimate of drug-likeness (QED) is 0.454. The van der Waals surface area contributed by atoms with Gasteiger partial charge in [-0.05, 0) is 54.8 Å². The molecule has 2 aromatic carbocycles. The molecule has 2 aromatic heterocycles. The van der Waals surface area contributed by atoms with Gasteiger partial charge in [0, 0.05) is 30.7 Å². The van der Waals surface area contributed by atoms with Crippen LogP contribution in [0.3, 0.4) is 0 Å². The van der Waals surface area contributed by atoms with Gasteiger partial charge < -0.3 is 14.2 Å². The molecule has 6 heteroatoms. The summed E-state index contributed by atoms with van der Waals surface area (Å²) in [4.78, 5) is 19.7. The summed E-state index contributed by atoms with van der Waals surface area (Å²) in [6.07, 6.45) is 2.44. The van der Waals surface area contributed by atoms with Crippen molar-refractivity contribution in [2.45, 2.75) is 19.4 Å². The smallest absolute Gasteiger partial charge is 0.270 e. The molecular formula is C27H26FN3O2. The zero-order valence-electron chi connectivity index (χ0n) is 18.8. The third-order valence-electron chi connectivity index (χ3n) is 6.28. The van der Waals surface area contributed by atoms with Crippen LogP contribution in [0.4, 0.5) is 4.39 Å². The van der Waals surface area contributed by atoms with Gasteiger partial charge in [0.25, 0.3) is 5.91 Å². The summed E-state index contributed by atoms with van der Waals surface area (Å²) in [5.41, 5.74) is 5.81. The summed E-state index contributed by atoms with van der Waals surface area (Å²) in [5.74, 6) is -0.395. The maximum Gasteiger partial charge on any atom is 0.270 e. The number of hydrogen-bond acceptors (Lipinski definition) is 3. The number of ether oxygens (including phenoxy) is 1. The summed E-state index contributed by atoms with van der Waals surface area (Å²) < 4.78 is 21.4. The Hall–Kier alpha value is -3.51. The van der Waals surface area contributed by atoms with Crippen LogP contribution < -0.4 is 0 Å². The molecule has 1 aliphatic rings. The van der Waals surface area contributed by atoms with E-state index in [1.165, 1.54) is 23.3 Å². The molecule has 0 bridgehead atoms. The Morgan fingerprint density at radius 1 is 1.09 bits per heavy atom. The van der Waals surface area contributed by atoms with E-state index in [1.54, 1.807) is 17.0 Å². The van der Waals surface area contributed by atoms with E-state index in [1.807, 2.05) is 23.9 Å². The zero-order valence-corrected chi connectivity index (χ0v) is 18.8. The average molecular weight is 444 g/mol. The summed E-state index contributed by atoms with van der Waals surface area (Å²) in [7, 11) is 1.83. The van der Waals surface area contributed by atoms with Gasteiger partial charge in [0.15, 0.2) is 0 Å². The van der Waals surface area contributed by atoms with E-state index >= 15 is 0 Å². The number of carbonyl (C=O) groups is 1. The Balaban J connectivity index is 1.30. The Kier molecular flexibility index (Phi) is 5.68. The molecule has 1 aliphatic heterocycles. The number of rotatable bonds is 4. The first-order valence-corrected chi connectivity index (χ1v) is 11.1. The third-order valence-corrected chi connectivity index (χ3v) is 6.28. The maximum atomic E-state index is 13.6. The number of benzene rings is 2. The molecule has 1 saturated heterocycles. The summed E-state index contributed by atoms with van der Waals surface area (Å²) in [6, 6.07) is 18.9. The van der Waals surface area contributed by atoms with Crippen molar-refractivity contribution in [3.8, 4) is 0 Å². The van der Waals surface area contributed by atoms with E-state index in [9.17, 15) is 9.18 Å². The fraction of sp³-hybridized carbons (Fsp3) is 0.259. The number of pyridine rings is 1. The molecule has 0 radical (unpaired) electrons. The predicted molar refractivity (Wildman–Crippen MR) is 126 cm³/mol. The van der Waals surface area contributed by atoms with E-state index in [4.69, 9.17) is 4.74 Å². The third kappa shape index (κ3) is 4.39. The number of hydrogen-bond donors (Lipinski definition) is 0. The highest BCUT2D eigenvalue weighted by molar-refractivity contribution is 5.98. The van der Waals surface area contributed by atoms with Gasteiger partial charge in [-0.25, -0.2) is 4.39 Å². The molecule has 0 N–H and O–H groups in total. The van der Waals surface area contributed by atoms with Crippen LogP contribution >= 0.6 is 0 Å². The average Bonchev–Trinajstić information content (AvgIpc) is 3.16. The van der Waals surface area contributed by atoms with Crippen LogP contribution in [0.2, 0.25) is 0 Å². The molecular weight excluding hydrogens is 417 g/mol. The first-order chi connectivity index (χ1) is 16.0. The lowest BCUT2D eigenvalue weighted by Gasteiger charge is -2.32. The molecule has 1 fully saturated rings. The summed E-state index contributed by atoms with van der Waals surface area (Å²) in [5, 5.41) is 0.719. The second kappa shape index (κ2) is 8.79. The Morgan fingerprint density at radius 2 is 1.88 bits per heavy atom. The normalized spacial score (nSPS) is 16.3. The highest BCUT2D eigenvalue weighted by Crippen LogP contribution is 2.25. The first-order valence-electron chi connectivity index (χ1n) is 11.1. The Morgan fingerprint density at radius 3 is 2.64 bits per heavy atom. The Bertz CT molecular complexity index is 1300. The van der Waals surface area contributed by atoms with Crippen LogP contribution in [0.5, 0.6) is 0 Å². The monoisotopic (exact) mass is 443 g/mol. The standard InChI is InChI=1S/C27H26FN3O2/c1-18-3-5-19(6-4-18)13-20-7-9-23(29-16-20)26-17-31(11-12-33-26)27(32)25-15-21-14-22(28)8-10-24(21)30(25)2/h3-10,14-16,26H,11-13,17H2,1-2H3/t26-/m1/s1. The molecule has 4 aromatic rings. The topological polar surface area (TPSA) is 47.4 Å². The van der Waals surface area contributed by atoms with E-state index in [0.29, 0.717) is 25.4 Å². The van der Waals surface area contributed by atoms with Gasteiger partial charge in [-0.2, -0.15) is 0 Å². The molecule has 0 saturated carbocycles. The van der Waals surface area contributed by atoms with Crippen LogP contribution in [0.15, 0.2) is 66.9 Å². The van der Waals surface area contributed by atoms with E-state index in [2.05, 4.69) is 42.2 Å². The van der Waals surface area contributed by atoms with Crippen molar-refractivity contribution in [1.82, 2.24) is 14.5 Å². The summed E-state index contributed by atoms with van der Waals surface area (Å²) >= 11 is 0. The van der Waals surface area contributed by atoms with Gasteiger partial charge in [-0.3, -0.25) is 9.78 Å². The van der Waals surface area contributed by atoms with Crippen molar-refractivity contribution >= 4 is 16.8 Å². The molecule has 33 heavy (non-hydrogen) atoms. The molecule has 3 heterocycles. The number of carbonyl (C=O) groups excluding carboxylic acids is 1. The SMILES string of the molecule is Cc1ccc(Cc2ccc([C@H]3CN(C(=O)c4cc5cc(F)ccc5n4C)CCO3)nc2)cc1. The van der Waals surface area contributed by atoms with Crippen molar-refractivity contribution in [2.75, 3.05) is 19.7 Å². The molecule has 1 amide bonds. The van der Waals surface area contributed by atoms with Crippen LogP contribution in [-0.4, -0.2) is 40.1 Å². The second-order valence-electron chi connectivity index (χ2n) is 8.66. The number of fused-ring (bicyclic) bond motifs is 1. The minimum atomic E-state index is -0.310. The van der Waals surface area contributed by atoms with Crippen molar-refractivity contribution in [3.63, 3.8) is 0 Å². The molecule has 1 atom stereocenters. The van der Waals surface area contributed by atoms with E-state index in [0.717, 1.165) is 28.6 Å². The molecule has 5 nitrogen and oxygen atoms in total. The van der Waals surface area contributed by atoms with Gasteiger partial charge in [0.2, 0.25) is 0 Å². The van der Waals surface area contributed by atoms with Crippen molar-refractivity contribution in [3.05, 3.63) is 101 Å². The van der Waals surface area contributed by atoms with Gasteiger partial charge in [-0.15, -0.1) is 0 Å². The fourth-order valence-corrected chi connectivity index (χ4v) is 4.37. The van der Waals surface area contributed by atoms with Gasteiger partial charge in [0.1, 0.15) is 17.6 Å². The molecule has 0 spiro atoms. The van der Waals surface area contributed by atoms with Crippen LogP contribution in [0.25, 0.3) is 10.9 Å². The van der Waals surface area contributed by atoms with E-state index in [-0.39, 0.29) is 17.8 Å². The lowest BCUT2D eigenvalue weighted by molar-refractivity contribution is -0.0250. The molecule has 0 unspecified atom stereocenters. The first kappa shape index (κ1) is 21.3. The van der Waals surface area contributed by atoms with Crippen LogP contribution in [-0.2, 0) is 18.2 Å². The maximum absolute atomic E-state index is 13.6. The number of aromatic nitrogens is 2. The molecule has 168 valence electrons. The van der Waals surface area contributed by atoms with Gasteiger partial charge in [-0.1, -0.05) is 35.9 Å². The lowest BCUT2D eigenvalue weighted by atomic mass is 10.0. The molecule has 5 rings (SSSR count). The predicted octanol–water partition coefficient (Wildman–Crippen LogP) is 4.83. The number of halogens is 1. The number of amides is 1. The van der Waals surface area contributed by atoms with Crippen molar-refractivity contribution in [1.29, 1.82) is 0 Å². The summed E-state index contributed by atoms with van der Waals surface area (Å²) in [6.45, 7) is 3.47. The highest BCUT2D eigenvalue weighted by Gasteiger charge is 2.28. The van der Waals surface area contributed by atoms with Crippen molar-refractivity contribution < 1.29 is 13.9 Å². The van der Waals surface area contributed by atoms with Crippen molar-refractivity contribution in [2.24, 2.45) is 7.05 Å². The molecule has 0 aliphatic carbocycles. The minimum Gasteiger partial charge on any atom is -0.368 e. The van der Waals surface area contributed by atoms with Crippen LogP contribution in [0.1, 0.15) is 39.0 Å². The fourth-order valence-electron chi connectivity index (χ4n) is 4.37.